The Labute approximate surface area is 145 Å². The molecule has 5 nitrogen and oxygen atoms in total. The molecule has 0 atom stereocenters. The number of hydrogen-bond acceptors (Lipinski definition) is 4. The number of ether oxygens (including phenoxy) is 2. The highest BCUT2D eigenvalue weighted by molar-refractivity contribution is 7.92. The van der Waals surface area contributed by atoms with Crippen molar-refractivity contribution in [2.24, 2.45) is 0 Å². The Morgan fingerprint density at radius 2 is 1.87 bits per heavy atom. The lowest BCUT2D eigenvalue weighted by atomic mass is 10.3. The van der Waals surface area contributed by atoms with Crippen LogP contribution in [0.15, 0.2) is 41.3 Å². The van der Waals surface area contributed by atoms with Crippen LogP contribution in [0, 0.1) is 0 Å². The number of nitrogens with one attached hydrogen (secondary N) is 1. The largest absolute Gasteiger partial charge is 0.495 e. The summed E-state index contributed by atoms with van der Waals surface area (Å²) < 4.78 is 37.9. The number of methoxy groups -OCH3 is 1. The summed E-state index contributed by atoms with van der Waals surface area (Å²) >= 11 is 12.0. The van der Waals surface area contributed by atoms with E-state index >= 15 is 0 Å². The lowest BCUT2D eigenvalue weighted by Gasteiger charge is -2.14. The van der Waals surface area contributed by atoms with Gasteiger partial charge in [-0.3, -0.25) is 4.72 Å². The van der Waals surface area contributed by atoms with Gasteiger partial charge in [-0.25, -0.2) is 8.42 Å². The molecule has 2 aromatic carbocycles. The van der Waals surface area contributed by atoms with Gasteiger partial charge in [0.15, 0.2) is 5.75 Å². The lowest BCUT2D eigenvalue weighted by Crippen LogP contribution is -2.14. The van der Waals surface area contributed by atoms with E-state index in [9.17, 15) is 8.42 Å². The maximum Gasteiger partial charge on any atom is 0.262 e. The van der Waals surface area contributed by atoms with E-state index in [1.807, 2.05) is 0 Å². The van der Waals surface area contributed by atoms with Gasteiger partial charge in [0.05, 0.1) is 34.3 Å². The van der Waals surface area contributed by atoms with Crippen LogP contribution in [0.1, 0.15) is 6.92 Å². The van der Waals surface area contributed by atoms with Crippen molar-refractivity contribution in [2.75, 3.05) is 18.4 Å². The fourth-order valence-electron chi connectivity index (χ4n) is 1.90. The third-order valence-electron chi connectivity index (χ3n) is 2.93. The maximum absolute atomic E-state index is 12.5. The first kappa shape index (κ1) is 17.7. The first-order valence-corrected chi connectivity index (χ1v) is 8.90. The summed E-state index contributed by atoms with van der Waals surface area (Å²) in [5, 5.41) is 0.520. The average Bonchev–Trinajstić information content (AvgIpc) is 2.50. The molecule has 0 spiro atoms. The molecule has 0 fully saturated rings. The van der Waals surface area contributed by atoms with Gasteiger partial charge in [-0.2, -0.15) is 0 Å². The van der Waals surface area contributed by atoms with Crippen LogP contribution in [-0.2, 0) is 10.0 Å². The minimum Gasteiger partial charge on any atom is -0.495 e. The average molecular weight is 376 g/mol. The smallest absolute Gasteiger partial charge is 0.262 e. The normalized spacial score (nSPS) is 11.1. The molecule has 0 radical (unpaired) electrons. The topological polar surface area (TPSA) is 64.6 Å². The molecule has 0 aromatic heterocycles. The Morgan fingerprint density at radius 3 is 2.48 bits per heavy atom. The van der Waals surface area contributed by atoms with Crippen molar-refractivity contribution in [1.29, 1.82) is 0 Å². The molecule has 8 heteroatoms. The molecule has 0 saturated heterocycles. The van der Waals surface area contributed by atoms with Crippen LogP contribution < -0.4 is 14.2 Å². The van der Waals surface area contributed by atoms with Gasteiger partial charge >= 0.3 is 0 Å². The second kappa shape index (κ2) is 7.29. The summed E-state index contributed by atoms with van der Waals surface area (Å²) in [6.07, 6.45) is 0. The third-order valence-corrected chi connectivity index (χ3v) is 4.89. The zero-order valence-electron chi connectivity index (χ0n) is 12.5. The number of anilines is 1. The summed E-state index contributed by atoms with van der Waals surface area (Å²) in [6.45, 7) is 2.14. The van der Waals surface area contributed by atoms with Crippen LogP contribution in [0.4, 0.5) is 5.69 Å². The molecule has 0 bridgehead atoms. The monoisotopic (exact) mass is 375 g/mol. The van der Waals surface area contributed by atoms with E-state index in [4.69, 9.17) is 32.7 Å². The first-order chi connectivity index (χ1) is 10.9. The molecule has 0 saturated carbocycles. The van der Waals surface area contributed by atoms with Gasteiger partial charge in [-0.05, 0) is 37.3 Å². The van der Waals surface area contributed by atoms with Crippen molar-refractivity contribution in [3.8, 4) is 11.5 Å². The molecule has 2 rings (SSSR count). The van der Waals surface area contributed by atoms with Gasteiger partial charge in [0.1, 0.15) is 5.75 Å². The van der Waals surface area contributed by atoms with E-state index in [1.54, 1.807) is 25.1 Å². The van der Waals surface area contributed by atoms with Crippen LogP contribution in [0.25, 0.3) is 0 Å². The van der Waals surface area contributed by atoms with Gasteiger partial charge in [0.25, 0.3) is 10.0 Å². The predicted molar refractivity (Wildman–Crippen MR) is 91.4 cm³/mol. The van der Waals surface area contributed by atoms with E-state index in [2.05, 4.69) is 4.72 Å². The molecular formula is C15H15Cl2NO4S. The quantitative estimate of drug-likeness (QED) is 0.821. The summed E-state index contributed by atoms with van der Waals surface area (Å²) in [5.74, 6) is 0.670. The van der Waals surface area contributed by atoms with Crippen molar-refractivity contribution in [3.63, 3.8) is 0 Å². The maximum atomic E-state index is 12.5. The fourth-order valence-corrected chi connectivity index (χ4v) is 3.54. The number of para-hydroxylation sites is 1. The lowest BCUT2D eigenvalue weighted by molar-refractivity contribution is 0.342. The molecule has 0 amide bonds. The highest BCUT2D eigenvalue weighted by atomic mass is 35.5. The van der Waals surface area contributed by atoms with Crippen LogP contribution in [-0.4, -0.2) is 22.1 Å². The van der Waals surface area contributed by atoms with Crippen molar-refractivity contribution in [1.82, 2.24) is 0 Å². The van der Waals surface area contributed by atoms with Gasteiger partial charge in [-0.15, -0.1) is 0 Å². The molecule has 0 aliphatic rings. The minimum atomic E-state index is -3.85. The van der Waals surface area contributed by atoms with Gasteiger partial charge in [-0.1, -0.05) is 29.3 Å². The molecule has 0 aliphatic heterocycles. The van der Waals surface area contributed by atoms with Gasteiger partial charge in [0, 0.05) is 0 Å². The summed E-state index contributed by atoms with van der Waals surface area (Å²) in [7, 11) is -2.39. The SMILES string of the molecule is CCOc1c(Cl)cccc1NS(=O)(=O)c1ccc(OC)c(Cl)c1. The minimum absolute atomic E-state index is 0.00530. The van der Waals surface area contributed by atoms with Gasteiger partial charge < -0.3 is 9.47 Å². The van der Waals surface area contributed by atoms with Gasteiger partial charge in [0.2, 0.25) is 0 Å². The van der Waals surface area contributed by atoms with Crippen molar-refractivity contribution in [3.05, 3.63) is 46.4 Å². The van der Waals surface area contributed by atoms with E-state index < -0.39 is 10.0 Å². The van der Waals surface area contributed by atoms with Crippen LogP contribution in [0.2, 0.25) is 10.0 Å². The van der Waals surface area contributed by atoms with E-state index in [1.165, 1.54) is 25.3 Å². The van der Waals surface area contributed by atoms with E-state index in [0.717, 1.165) is 0 Å². The Balaban J connectivity index is 2.39. The van der Waals surface area contributed by atoms with Crippen molar-refractivity contribution >= 4 is 38.9 Å². The number of sulfonamides is 1. The third kappa shape index (κ3) is 4.02. The highest BCUT2D eigenvalue weighted by Crippen LogP contribution is 2.35. The summed E-state index contributed by atoms with van der Waals surface area (Å²) in [4.78, 5) is 0.00530. The zero-order valence-corrected chi connectivity index (χ0v) is 14.8. The second-order valence-electron chi connectivity index (χ2n) is 4.45. The molecule has 2 aromatic rings. The standard InChI is InChI=1S/C15H15Cl2NO4S/c1-3-22-15-11(16)5-4-6-13(15)18-23(19,20)10-7-8-14(21-2)12(17)9-10/h4-9,18H,3H2,1-2H3. The van der Waals surface area contributed by atoms with Crippen LogP contribution >= 0.6 is 23.2 Å². The number of rotatable bonds is 6. The van der Waals surface area contributed by atoms with Crippen molar-refractivity contribution in [2.45, 2.75) is 11.8 Å². The van der Waals surface area contributed by atoms with E-state index in [0.29, 0.717) is 17.4 Å². The Morgan fingerprint density at radius 1 is 1.13 bits per heavy atom. The predicted octanol–water partition coefficient (Wildman–Crippen LogP) is 4.20. The summed E-state index contributed by atoms with van der Waals surface area (Å²) in [6, 6.07) is 9.02. The van der Waals surface area contributed by atoms with Crippen molar-refractivity contribution < 1.29 is 17.9 Å². The Hall–Kier alpha value is -1.63. The Bertz CT molecular complexity index is 809. The van der Waals surface area contributed by atoms with Crippen LogP contribution in [0.3, 0.4) is 0 Å². The molecule has 124 valence electrons. The number of hydrogen-bond donors (Lipinski definition) is 1. The molecule has 0 heterocycles. The molecular weight excluding hydrogens is 361 g/mol. The second-order valence-corrected chi connectivity index (χ2v) is 6.95. The molecule has 0 aliphatic carbocycles. The molecule has 1 N–H and O–H groups in total. The van der Waals surface area contributed by atoms with Crippen LogP contribution in [0.5, 0.6) is 11.5 Å². The zero-order chi connectivity index (χ0) is 17.0. The first-order valence-electron chi connectivity index (χ1n) is 6.66. The highest BCUT2D eigenvalue weighted by Gasteiger charge is 2.19. The molecule has 0 unspecified atom stereocenters. The Kier molecular flexibility index (Phi) is 5.62. The summed E-state index contributed by atoms with van der Waals surface area (Å²) in [5.41, 5.74) is 0.256. The number of benzene rings is 2. The molecule has 23 heavy (non-hydrogen) atoms. The van der Waals surface area contributed by atoms with E-state index in [-0.39, 0.29) is 21.4 Å². The fraction of sp³-hybridized carbons (Fsp3) is 0.200. The number of halogens is 2.